The average molecular weight is 236 g/mol. The Morgan fingerprint density at radius 2 is 2.00 bits per heavy atom. The summed E-state index contributed by atoms with van der Waals surface area (Å²) in [7, 11) is 1.98. The maximum Gasteiger partial charge on any atom is 0.147 e. The van der Waals surface area contributed by atoms with Gasteiger partial charge in [-0.3, -0.25) is 4.98 Å². The molecule has 0 saturated heterocycles. The third-order valence-corrected chi connectivity index (χ3v) is 3.13. The largest absolute Gasteiger partial charge is 0.354 e. The summed E-state index contributed by atoms with van der Waals surface area (Å²) < 4.78 is 0. The normalized spacial score (nSPS) is 12.7. The van der Waals surface area contributed by atoms with Crippen LogP contribution in [0.1, 0.15) is 6.92 Å². The lowest BCUT2D eigenvalue weighted by Crippen LogP contribution is -2.30. The number of hydrogen-bond acceptors (Lipinski definition) is 3. The molecule has 84 valence electrons. The van der Waals surface area contributed by atoms with E-state index in [0.717, 1.165) is 16.9 Å². The Morgan fingerprint density at radius 3 is 2.69 bits per heavy atom. The van der Waals surface area contributed by atoms with Gasteiger partial charge in [0.2, 0.25) is 0 Å². The number of rotatable bonds is 3. The summed E-state index contributed by atoms with van der Waals surface area (Å²) >= 11 is 5.83. The molecule has 0 amide bonds. The fourth-order valence-corrected chi connectivity index (χ4v) is 1.65. The van der Waals surface area contributed by atoms with Crippen molar-refractivity contribution in [1.29, 1.82) is 0 Å². The molecule has 0 aliphatic carbocycles. The Kier molecular flexibility index (Phi) is 3.25. The molecule has 1 unspecified atom stereocenters. The van der Waals surface area contributed by atoms with E-state index >= 15 is 0 Å². The van der Waals surface area contributed by atoms with Gasteiger partial charge in [0.05, 0.1) is 17.2 Å². The Morgan fingerprint density at radius 1 is 1.31 bits per heavy atom. The van der Waals surface area contributed by atoms with Gasteiger partial charge in [0.25, 0.3) is 0 Å². The van der Waals surface area contributed by atoms with Gasteiger partial charge in [-0.1, -0.05) is 12.1 Å². The molecule has 1 heterocycles. The molecule has 1 atom stereocenters. The van der Waals surface area contributed by atoms with Gasteiger partial charge in [-0.25, -0.2) is 4.98 Å². The Bertz CT molecular complexity index is 486. The first-order chi connectivity index (χ1) is 7.72. The van der Waals surface area contributed by atoms with Crippen LogP contribution in [-0.4, -0.2) is 28.9 Å². The molecule has 2 aromatic rings. The van der Waals surface area contributed by atoms with Crippen LogP contribution in [0, 0.1) is 0 Å². The third kappa shape index (κ3) is 2.09. The van der Waals surface area contributed by atoms with Gasteiger partial charge in [0.15, 0.2) is 0 Å². The SMILES string of the molecule is CC(CCl)N(C)c1cnc2ccccc2n1. The van der Waals surface area contributed by atoms with Crippen molar-refractivity contribution >= 4 is 28.5 Å². The lowest BCUT2D eigenvalue weighted by molar-refractivity contribution is 0.749. The van der Waals surface area contributed by atoms with E-state index in [1.165, 1.54) is 0 Å². The number of benzene rings is 1. The average Bonchev–Trinajstić information content (AvgIpc) is 2.36. The molecule has 1 aromatic heterocycles. The minimum atomic E-state index is 0.247. The maximum atomic E-state index is 5.83. The molecule has 1 aromatic carbocycles. The fraction of sp³-hybridized carbons (Fsp3) is 0.333. The molecule has 0 fully saturated rings. The smallest absolute Gasteiger partial charge is 0.147 e. The number of aromatic nitrogens is 2. The quantitative estimate of drug-likeness (QED) is 0.766. The predicted octanol–water partition coefficient (Wildman–Crippen LogP) is 2.69. The second-order valence-corrected chi connectivity index (χ2v) is 4.14. The zero-order valence-electron chi connectivity index (χ0n) is 9.39. The fourth-order valence-electron chi connectivity index (χ4n) is 1.45. The number of halogens is 1. The number of nitrogens with zero attached hydrogens (tertiary/aromatic N) is 3. The van der Waals surface area contributed by atoms with Crippen molar-refractivity contribution in [3.8, 4) is 0 Å². The van der Waals surface area contributed by atoms with Crippen molar-refractivity contribution < 1.29 is 0 Å². The second kappa shape index (κ2) is 4.66. The molecule has 0 aliphatic heterocycles. The van der Waals surface area contributed by atoms with Crippen molar-refractivity contribution in [3.05, 3.63) is 30.5 Å². The molecular formula is C12H14ClN3. The van der Waals surface area contributed by atoms with E-state index in [9.17, 15) is 0 Å². The van der Waals surface area contributed by atoms with Gasteiger partial charge < -0.3 is 4.90 Å². The Balaban J connectivity index is 2.39. The molecule has 0 spiro atoms. The molecule has 3 nitrogen and oxygen atoms in total. The second-order valence-electron chi connectivity index (χ2n) is 3.83. The van der Waals surface area contributed by atoms with Crippen LogP contribution >= 0.6 is 11.6 Å². The summed E-state index contributed by atoms with van der Waals surface area (Å²) in [5, 5.41) is 0. The van der Waals surface area contributed by atoms with Gasteiger partial charge >= 0.3 is 0 Å². The van der Waals surface area contributed by atoms with Crippen molar-refractivity contribution in [3.63, 3.8) is 0 Å². The van der Waals surface area contributed by atoms with Crippen LogP contribution in [0.25, 0.3) is 11.0 Å². The number of hydrogen-bond donors (Lipinski definition) is 0. The van der Waals surface area contributed by atoms with Crippen molar-refractivity contribution in [1.82, 2.24) is 9.97 Å². The van der Waals surface area contributed by atoms with E-state index in [4.69, 9.17) is 11.6 Å². The first-order valence-electron chi connectivity index (χ1n) is 5.23. The number of fused-ring (bicyclic) bond motifs is 1. The topological polar surface area (TPSA) is 29.0 Å². The lowest BCUT2D eigenvalue weighted by Gasteiger charge is -2.23. The van der Waals surface area contributed by atoms with Gasteiger partial charge in [0, 0.05) is 19.0 Å². The van der Waals surface area contributed by atoms with Crippen molar-refractivity contribution in [2.24, 2.45) is 0 Å². The first-order valence-corrected chi connectivity index (χ1v) is 5.76. The van der Waals surface area contributed by atoms with E-state index in [1.807, 2.05) is 36.2 Å². The molecule has 0 bridgehead atoms. The van der Waals surface area contributed by atoms with E-state index in [-0.39, 0.29) is 6.04 Å². The van der Waals surface area contributed by atoms with E-state index in [2.05, 4.69) is 16.9 Å². The summed E-state index contributed by atoms with van der Waals surface area (Å²) in [6.07, 6.45) is 1.78. The monoisotopic (exact) mass is 235 g/mol. The van der Waals surface area contributed by atoms with Gasteiger partial charge in [-0.2, -0.15) is 0 Å². The first kappa shape index (κ1) is 11.1. The zero-order valence-corrected chi connectivity index (χ0v) is 10.1. The van der Waals surface area contributed by atoms with E-state index < -0.39 is 0 Å². The zero-order chi connectivity index (χ0) is 11.5. The highest BCUT2D eigenvalue weighted by molar-refractivity contribution is 6.18. The number of anilines is 1. The molecule has 0 aliphatic rings. The van der Waals surface area contributed by atoms with E-state index in [1.54, 1.807) is 6.20 Å². The maximum absolute atomic E-state index is 5.83. The van der Waals surface area contributed by atoms with Crippen LogP contribution in [-0.2, 0) is 0 Å². The van der Waals surface area contributed by atoms with Crippen LogP contribution in [0.4, 0.5) is 5.82 Å². The number of alkyl halides is 1. The van der Waals surface area contributed by atoms with Gasteiger partial charge in [-0.05, 0) is 19.1 Å². The van der Waals surface area contributed by atoms with Crippen LogP contribution in [0.15, 0.2) is 30.5 Å². The molecule has 0 N–H and O–H groups in total. The third-order valence-electron chi connectivity index (χ3n) is 2.68. The summed E-state index contributed by atoms with van der Waals surface area (Å²) in [5.41, 5.74) is 1.83. The Labute approximate surface area is 100 Å². The minimum Gasteiger partial charge on any atom is -0.354 e. The highest BCUT2D eigenvalue weighted by Crippen LogP contribution is 2.16. The molecule has 0 radical (unpaired) electrons. The van der Waals surface area contributed by atoms with Crippen molar-refractivity contribution in [2.45, 2.75) is 13.0 Å². The molecule has 2 rings (SSSR count). The summed E-state index contributed by atoms with van der Waals surface area (Å²) in [6, 6.07) is 8.09. The van der Waals surface area contributed by atoms with Crippen LogP contribution in [0.2, 0.25) is 0 Å². The Hall–Kier alpha value is -1.35. The van der Waals surface area contributed by atoms with Crippen molar-refractivity contribution in [2.75, 3.05) is 17.8 Å². The predicted molar refractivity (Wildman–Crippen MR) is 68.1 cm³/mol. The van der Waals surface area contributed by atoms with Gasteiger partial charge in [-0.15, -0.1) is 11.6 Å². The van der Waals surface area contributed by atoms with E-state index in [0.29, 0.717) is 5.88 Å². The minimum absolute atomic E-state index is 0.247. The highest BCUT2D eigenvalue weighted by atomic mass is 35.5. The standard InChI is InChI=1S/C12H14ClN3/c1-9(7-13)16(2)12-8-14-10-5-3-4-6-11(10)15-12/h3-6,8-9H,7H2,1-2H3. The number of para-hydroxylation sites is 2. The molecule has 4 heteroatoms. The summed E-state index contributed by atoms with van der Waals surface area (Å²) in [5.74, 6) is 1.43. The molecule has 16 heavy (non-hydrogen) atoms. The molecular weight excluding hydrogens is 222 g/mol. The highest BCUT2D eigenvalue weighted by Gasteiger charge is 2.10. The van der Waals surface area contributed by atoms with Crippen LogP contribution < -0.4 is 4.90 Å². The summed E-state index contributed by atoms with van der Waals surface area (Å²) in [4.78, 5) is 11.0. The van der Waals surface area contributed by atoms with Gasteiger partial charge in [0.1, 0.15) is 5.82 Å². The van der Waals surface area contributed by atoms with Crippen LogP contribution in [0.3, 0.4) is 0 Å². The molecule has 0 saturated carbocycles. The lowest BCUT2D eigenvalue weighted by atomic mass is 10.3. The van der Waals surface area contributed by atoms with Crippen LogP contribution in [0.5, 0.6) is 0 Å². The summed E-state index contributed by atoms with van der Waals surface area (Å²) in [6.45, 7) is 2.06.